The van der Waals surface area contributed by atoms with Crippen LogP contribution >= 0.6 is 22.9 Å². The molecule has 0 spiro atoms. The third-order valence-electron chi connectivity index (χ3n) is 2.20. The highest BCUT2D eigenvalue weighted by molar-refractivity contribution is 7.09. The second-order valence-electron chi connectivity index (χ2n) is 3.39. The van der Waals surface area contributed by atoms with Gasteiger partial charge in [-0.2, -0.15) is 0 Å². The summed E-state index contributed by atoms with van der Waals surface area (Å²) in [4.78, 5) is 1.33. The first-order valence-corrected chi connectivity index (χ1v) is 6.23. The van der Waals surface area contributed by atoms with Gasteiger partial charge in [0.25, 0.3) is 0 Å². The van der Waals surface area contributed by atoms with Crippen LogP contribution in [0.1, 0.15) is 4.88 Å². The standard InChI is InChI=1S/C12H11ClFNS/c13-11-8-9(3-4-12(11)14)15-6-5-10-2-1-7-16-10/h1-4,7-8,15H,5-6H2. The Balaban J connectivity index is 1.87. The van der Waals surface area contributed by atoms with Gasteiger partial charge in [0.2, 0.25) is 0 Å². The molecule has 16 heavy (non-hydrogen) atoms. The van der Waals surface area contributed by atoms with Crippen molar-refractivity contribution in [2.75, 3.05) is 11.9 Å². The normalized spacial score (nSPS) is 10.4. The minimum atomic E-state index is -0.384. The van der Waals surface area contributed by atoms with E-state index in [4.69, 9.17) is 11.6 Å². The van der Waals surface area contributed by atoms with Gasteiger partial charge in [-0.05, 0) is 36.1 Å². The molecule has 0 saturated carbocycles. The predicted octanol–water partition coefficient (Wildman–Crippen LogP) is 4.20. The lowest BCUT2D eigenvalue weighted by Gasteiger charge is -2.05. The van der Waals surface area contributed by atoms with Gasteiger partial charge in [0.15, 0.2) is 0 Å². The number of benzene rings is 1. The number of anilines is 1. The summed E-state index contributed by atoms with van der Waals surface area (Å²) in [6.07, 6.45) is 0.965. The fourth-order valence-electron chi connectivity index (χ4n) is 1.39. The zero-order valence-corrected chi connectivity index (χ0v) is 10.1. The molecule has 4 heteroatoms. The lowest BCUT2D eigenvalue weighted by atomic mass is 10.3. The molecule has 0 unspecified atom stereocenters. The molecule has 0 fully saturated rings. The molecule has 0 amide bonds. The fraction of sp³-hybridized carbons (Fsp3) is 0.167. The molecule has 2 aromatic rings. The number of rotatable bonds is 4. The van der Waals surface area contributed by atoms with Gasteiger partial charge in [-0.15, -0.1) is 11.3 Å². The number of nitrogens with one attached hydrogen (secondary N) is 1. The SMILES string of the molecule is Fc1ccc(NCCc2cccs2)cc1Cl. The molecule has 1 N–H and O–H groups in total. The molecule has 0 aliphatic heterocycles. The quantitative estimate of drug-likeness (QED) is 0.864. The number of thiophene rings is 1. The van der Waals surface area contributed by atoms with Gasteiger partial charge in [0.1, 0.15) is 5.82 Å². The molecule has 1 aromatic heterocycles. The summed E-state index contributed by atoms with van der Waals surface area (Å²) in [5.74, 6) is -0.384. The molecule has 2 rings (SSSR count). The molecule has 1 aromatic carbocycles. The summed E-state index contributed by atoms with van der Waals surface area (Å²) in [6, 6.07) is 8.80. The van der Waals surface area contributed by atoms with Crippen LogP contribution in [0.25, 0.3) is 0 Å². The third-order valence-corrected chi connectivity index (χ3v) is 3.43. The monoisotopic (exact) mass is 255 g/mol. The lowest BCUT2D eigenvalue weighted by molar-refractivity contribution is 0.628. The van der Waals surface area contributed by atoms with Crippen molar-refractivity contribution < 1.29 is 4.39 Å². The van der Waals surface area contributed by atoms with Crippen LogP contribution in [0.2, 0.25) is 5.02 Å². The van der Waals surface area contributed by atoms with Gasteiger partial charge in [0, 0.05) is 17.1 Å². The molecule has 84 valence electrons. The molecule has 1 nitrogen and oxygen atoms in total. The zero-order valence-electron chi connectivity index (χ0n) is 8.54. The maximum atomic E-state index is 12.9. The smallest absolute Gasteiger partial charge is 0.141 e. The number of hydrogen-bond donors (Lipinski definition) is 1. The Labute approximate surface area is 103 Å². The lowest BCUT2D eigenvalue weighted by Crippen LogP contribution is -2.03. The van der Waals surface area contributed by atoms with Gasteiger partial charge in [-0.3, -0.25) is 0 Å². The van der Waals surface area contributed by atoms with Gasteiger partial charge >= 0.3 is 0 Å². The Bertz CT molecular complexity index is 456. The second kappa shape index (κ2) is 5.32. The average Bonchev–Trinajstić information content (AvgIpc) is 2.76. The van der Waals surface area contributed by atoms with Gasteiger partial charge < -0.3 is 5.32 Å². The highest BCUT2D eigenvalue weighted by atomic mass is 35.5. The van der Waals surface area contributed by atoms with Crippen molar-refractivity contribution in [2.45, 2.75) is 6.42 Å². The summed E-state index contributed by atoms with van der Waals surface area (Å²) in [5.41, 5.74) is 0.850. The minimum Gasteiger partial charge on any atom is -0.385 e. The molecule has 0 aliphatic rings. The molecule has 0 atom stereocenters. The van der Waals surface area contributed by atoms with E-state index in [0.717, 1.165) is 18.7 Å². The summed E-state index contributed by atoms with van der Waals surface area (Å²) >= 11 is 7.42. The first kappa shape index (κ1) is 11.4. The van der Waals surface area contributed by atoms with Crippen LogP contribution in [0.4, 0.5) is 10.1 Å². The molecular formula is C12H11ClFNS. The van der Waals surface area contributed by atoms with E-state index in [2.05, 4.69) is 16.8 Å². The molecule has 1 heterocycles. The first-order chi connectivity index (χ1) is 7.75. The Hall–Kier alpha value is -1.06. The predicted molar refractivity (Wildman–Crippen MR) is 67.9 cm³/mol. The van der Waals surface area contributed by atoms with Crippen molar-refractivity contribution >= 4 is 28.6 Å². The first-order valence-electron chi connectivity index (χ1n) is 4.97. The topological polar surface area (TPSA) is 12.0 Å². The van der Waals surface area contributed by atoms with Gasteiger partial charge in [-0.1, -0.05) is 17.7 Å². The second-order valence-corrected chi connectivity index (χ2v) is 4.82. The number of halogens is 2. The van der Waals surface area contributed by atoms with E-state index in [0.29, 0.717) is 0 Å². The Morgan fingerprint density at radius 1 is 1.31 bits per heavy atom. The van der Waals surface area contributed by atoms with Crippen molar-refractivity contribution in [3.05, 3.63) is 51.4 Å². The van der Waals surface area contributed by atoms with Crippen LogP contribution in [-0.2, 0) is 6.42 Å². The molecule has 0 bridgehead atoms. The molecule has 0 saturated heterocycles. The van der Waals surface area contributed by atoms with Gasteiger partial charge in [0.05, 0.1) is 5.02 Å². The van der Waals surface area contributed by atoms with Gasteiger partial charge in [-0.25, -0.2) is 4.39 Å². The Morgan fingerprint density at radius 2 is 2.19 bits per heavy atom. The molecule has 0 radical (unpaired) electrons. The van der Waals surface area contributed by atoms with E-state index >= 15 is 0 Å². The zero-order chi connectivity index (χ0) is 11.4. The van der Waals surface area contributed by atoms with E-state index in [1.54, 1.807) is 23.5 Å². The van der Waals surface area contributed by atoms with Crippen LogP contribution in [0.15, 0.2) is 35.7 Å². The van der Waals surface area contributed by atoms with Crippen LogP contribution in [0.5, 0.6) is 0 Å². The summed E-state index contributed by atoms with van der Waals surface area (Å²) < 4.78 is 12.9. The Kier molecular flexibility index (Phi) is 3.80. The van der Waals surface area contributed by atoms with E-state index in [9.17, 15) is 4.39 Å². The van der Waals surface area contributed by atoms with E-state index < -0.39 is 0 Å². The van der Waals surface area contributed by atoms with Crippen molar-refractivity contribution in [1.29, 1.82) is 0 Å². The highest BCUT2D eigenvalue weighted by Crippen LogP contribution is 2.19. The number of hydrogen-bond acceptors (Lipinski definition) is 2. The average molecular weight is 256 g/mol. The summed E-state index contributed by atoms with van der Waals surface area (Å²) in [7, 11) is 0. The van der Waals surface area contributed by atoms with E-state index in [-0.39, 0.29) is 10.8 Å². The van der Waals surface area contributed by atoms with Crippen molar-refractivity contribution in [2.24, 2.45) is 0 Å². The Morgan fingerprint density at radius 3 is 2.88 bits per heavy atom. The molecular weight excluding hydrogens is 245 g/mol. The minimum absolute atomic E-state index is 0.154. The molecule has 0 aliphatic carbocycles. The maximum Gasteiger partial charge on any atom is 0.141 e. The highest BCUT2D eigenvalue weighted by Gasteiger charge is 2.00. The fourth-order valence-corrected chi connectivity index (χ4v) is 2.28. The largest absolute Gasteiger partial charge is 0.385 e. The van der Waals surface area contributed by atoms with Crippen molar-refractivity contribution in [3.63, 3.8) is 0 Å². The van der Waals surface area contributed by atoms with E-state index in [1.807, 2.05) is 6.07 Å². The van der Waals surface area contributed by atoms with Crippen molar-refractivity contribution in [3.8, 4) is 0 Å². The maximum absolute atomic E-state index is 12.9. The van der Waals surface area contributed by atoms with E-state index in [1.165, 1.54) is 10.9 Å². The van der Waals surface area contributed by atoms with Crippen LogP contribution < -0.4 is 5.32 Å². The summed E-state index contributed by atoms with van der Waals surface area (Å²) in [5, 5.41) is 5.42. The third kappa shape index (κ3) is 2.97. The van der Waals surface area contributed by atoms with Crippen LogP contribution in [-0.4, -0.2) is 6.54 Å². The van der Waals surface area contributed by atoms with Crippen LogP contribution in [0, 0.1) is 5.82 Å². The van der Waals surface area contributed by atoms with Crippen LogP contribution in [0.3, 0.4) is 0 Å². The summed E-state index contributed by atoms with van der Waals surface area (Å²) in [6.45, 7) is 0.822. The van der Waals surface area contributed by atoms with Crippen molar-refractivity contribution in [1.82, 2.24) is 0 Å².